The molecule has 0 aromatic heterocycles. The van der Waals surface area contributed by atoms with Gasteiger partial charge in [0.05, 0.1) is 18.6 Å². The highest BCUT2D eigenvalue weighted by molar-refractivity contribution is 5.80. The Kier molecular flexibility index (Phi) is 3.43. The molecule has 0 saturated carbocycles. The summed E-state index contributed by atoms with van der Waals surface area (Å²) in [4.78, 5) is 22.8. The van der Waals surface area contributed by atoms with Crippen molar-refractivity contribution in [2.75, 3.05) is 13.2 Å². The third-order valence-electron chi connectivity index (χ3n) is 3.18. The van der Waals surface area contributed by atoms with Crippen molar-refractivity contribution in [2.24, 2.45) is 5.92 Å². The van der Waals surface area contributed by atoms with E-state index in [0.717, 1.165) is 12.8 Å². The lowest BCUT2D eigenvalue weighted by Crippen LogP contribution is -2.49. The molecular weight excluding hydrogens is 208 g/mol. The van der Waals surface area contributed by atoms with Crippen molar-refractivity contribution < 1.29 is 14.3 Å². The summed E-state index contributed by atoms with van der Waals surface area (Å²) >= 11 is 0. The first kappa shape index (κ1) is 11.4. The van der Waals surface area contributed by atoms with E-state index in [1.54, 1.807) is 0 Å². The molecular formula is C11H18N2O3. The molecule has 0 radical (unpaired) electrons. The molecule has 3 atom stereocenters. The number of carbonyl (C=O) groups is 2. The molecule has 2 saturated heterocycles. The second kappa shape index (κ2) is 4.82. The van der Waals surface area contributed by atoms with Gasteiger partial charge in [-0.15, -0.1) is 0 Å². The largest absolute Gasteiger partial charge is 0.378 e. The first-order valence-electron chi connectivity index (χ1n) is 5.84. The molecule has 2 N–H and O–H groups in total. The molecule has 0 bridgehead atoms. The molecule has 5 heteroatoms. The first-order chi connectivity index (χ1) is 7.65. The van der Waals surface area contributed by atoms with E-state index in [2.05, 4.69) is 10.6 Å². The van der Waals surface area contributed by atoms with Crippen LogP contribution in [0.15, 0.2) is 0 Å². The Hall–Kier alpha value is -1.10. The maximum Gasteiger partial charge on any atom is 0.225 e. The third-order valence-corrected chi connectivity index (χ3v) is 3.18. The first-order valence-corrected chi connectivity index (χ1v) is 5.84. The molecule has 3 unspecified atom stereocenters. The standard InChI is InChI=1S/C11H18N2O3/c1-7-4-8(6-16-7)11(15)13-9-2-3-10(14)12-5-9/h7-9H,2-6H2,1H3,(H,12,14)(H,13,15). The Morgan fingerprint density at radius 3 is 2.94 bits per heavy atom. The van der Waals surface area contributed by atoms with Crippen LogP contribution in [-0.4, -0.2) is 37.1 Å². The maximum atomic E-state index is 11.8. The third kappa shape index (κ3) is 2.72. The summed E-state index contributed by atoms with van der Waals surface area (Å²) in [6.45, 7) is 3.05. The van der Waals surface area contributed by atoms with E-state index in [1.807, 2.05) is 6.92 Å². The van der Waals surface area contributed by atoms with Gasteiger partial charge in [-0.3, -0.25) is 9.59 Å². The summed E-state index contributed by atoms with van der Waals surface area (Å²) in [6.07, 6.45) is 2.22. The average molecular weight is 226 g/mol. The predicted molar refractivity (Wildman–Crippen MR) is 57.7 cm³/mol. The molecule has 2 fully saturated rings. The minimum atomic E-state index is -0.0207. The second-order valence-corrected chi connectivity index (χ2v) is 4.62. The summed E-state index contributed by atoms with van der Waals surface area (Å²) < 4.78 is 5.36. The molecule has 0 aliphatic carbocycles. The topological polar surface area (TPSA) is 67.4 Å². The molecule has 5 nitrogen and oxygen atoms in total. The smallest absolute Gasteiger partial charge is 0.225 e. The molecule has 90 valence electrons. The second-order valence-electron chi connectivity index (χ2n) is 4.62. The molecule has 2 heterocycles. The molecule has 2 amide bonds. The minimum absolute atomic E-state index is 0.0207. The fraction of sp³-hybridized carbons (Fsp3) is 0.818. The van der Waals surface area contributed by atoms with Gasteiger partial charge in [-0.25, -0.2) is 0 Å². The minimum Gasteiger partial charge on any atom is -0.378 e. The van der Waals surface area contributed by atoms with Gasteiger partial charge in [0.25, 0.3) is 0 Å². The van der Waals surface area contributed by atoms with Gasteiger partial charge in [0.15, 0.2) is 0 Å². The monoisotopic (exact) mass is 226 g/mol. The van der Waals surface area contributed by atoms with Gasteiger partial charge in [-0.05, 0) is 19.8 Å². The van der Waals surface area contributed by atoms with Gasteiger partial charge in [0.1, 0.15) is 0 Å². The molecule has 0 aromatic rings. The van der Waals surface area contributed by atoms with Crippen LogP contribution in [0.2, 0.25) is 0 Å². The lowest BCUT2D eigenvalue weighted by Gasteiger charge is -2.24. The highest BCUT2D eigenvalue weighted by Gasteiger charge is 2.30. The van der Waals surface area contributed by atoms with Crippen molar-refractivity contribution >= 4 is 11.8 Å². The quantitative estimate of drug-likeness (QED) is 0.685. The van der Waals surface area contributed by atoms with Crippen LogP contribution < -0.4 is 10.6 Å². The van der Waals surface area contributed by atoms with Crippen molar-refractivity contribution in [1.29, 1.82) is 0 Å². The Morgan fingerprint density at radius 1 is 1.56 bits per heavy atom. The van der Waals surface area contributed by atoms with Gasteiger partial charge in [-0.2, -0.15) is 0 Å². The van der Waals surface area contributed by atoms with Gasteiger partial charge in [-0.1, -0.05) is 0 Å². The van der Waals surface area contributed by atoms with Gasteiger partial charge in [0.2, 0.25) is 11.8 Å². The Morgan fingerprint density at radius 2 is 2.38 bits per heavy atom. The number of nitrogens with one attached hydrogen (secondary N) is 2. The van der Waals surface area contributed by atoms with Crippen LogP contribution in [0.25, 0.3) is 0 Å². The summed E-state index contributed by atoms with van der Waals surface area (Å²) in [5.74, 6) is 0.112. The van der Waals surface area contributed by atoms with Gasteiger partial charge >= 0.3 is 0 Å². The number of hydrogen-bond donors (Lipinski definition) is 2. The van der Waals surface area contributed by atoms with E-state index in [4.69, 9.17) is 4.74 Å². The Labute approximate surface area is 94.9 Å². The normalized spacial score (nSPS) is 34.6. The van der Waals surface area contributed by atoms with Crippen LogP contribution in [0.1, 0.15) is 26.2 Å². The molecule has 2 rings (SSSR count). The summed E-state index contributed by atoms with van der Waals surface area (Å²) in [7, 11) is 0. The van der Waals surface area contributed by atoms with Crippen molar-refractivity contribution in [1.82, 2.24) is 10.6 Å². The number of amides is 2. The number of piperidine rings is 1. The molecule has 2 aliphatic rings. The SMILES string of the molecule is CC1CC(C(=O)NC2CCC(=O)NC2)CO1. The van der Waals surface area contributed by atoms with Crippen molar-refractivity contribution in [2.45, 2.75) is 38.3 Å². The van der Waals surface area contributed by atoms with Crippen LogP contribution >= 0.6 is 0 Å². The van der Waals surface area contributed by atoms with Crippen molar-refractivity contribution in [3.8, 4) is 0 Å². The van der Waals surface area contributed by atoms with E-state index in [1.165, 1.54) is 0 Å². The van der Waals surface area contributed by atoms with E-state index in [9.17, 15) is 9.59 Å². The Bertz CT molecular complexity index is 283. The molecule has 0 spiro atoms. The van der Waals surface area contributed by atoms with E-state index < -0.39 is 0 Å². The van der Waals surface area contributed by atoms with Crippen LogP contribution in [0.3, 0.4) is 0 Å². The lowest BCUT2D eigenvalue weighted by atomic mass is 10.0. The molecule has 2 aliphatic heterocycles. The number of carbonyl (C=O) groups excluding carboxylic acids is 2. The van der Waals surface area contributed by atoms with Gasteiger partial charge < -0.3 is 15.4 Å². The Balaban J connectivity index is 1.77. The molecule has 16 heavy (non-hydrogen) atoms. The average Bonchev–Trinajstić information content (AvgIpc) is 2.68. The van der Waals surface area contributed by atoms with Crippen LogP contribution in [0.5, 0.6) is 0 Å². The van der Waals surface area contributed by atoms with Crippen molar-refractivity contribution in [3.63, 3.8) is 0 Å². The molecule has 0 aromatic carbocycles. The summed E-state index contributed by atoms with van der Waals surface area (Å²) in [5, 5.41) is 5.72. The van der Waals surface area contributed by atoms with Gasteiger partial charge in [0, 0.05) is 19.0 Å². The highest BCUT2D eigenvalue weighted by Crippen LogP contribution is 2.19. The number of ether oxygens (including phenoxy) is 1. The number of rotatable bonds is 2. The van der Waals surface area contributed by atoms with Crippen LogP contribution in [-0.2, 0) is 14.3 Å². The van der Waals surface area contributed by atoms with Crippen molar-refractivity contribution in [3.05, 3.63) is 0 Å². The zero-order valence-electron chi connectivity index (χ0n) is 9.49. The predicted octanol–water partition coefficient (Wildman–Crippen LogP) is -0.194. The fourth-order valence-corrected chi connectivity index (χ4v) is 2.17. The lowest BCUT2D eigenvalue weighted by molar-refractivity contribution is -0.128. The zero-order chi connectivity index (χ0) is 11.5. The summed E-state index contributed by atoms with van der Waals surface area (Å²) in [5.41, 5.74) is 0. The zero-order valence-corrected chi connectivity index (χ0v) is 9.49. The number of hydrogen-bond acceptors (Lipinski definition) is 3. The summed E-state index contributed by atoms with van der Waals surface area (Å²) in [6, 6.07) is 0.0844. The van der Waals surface area contributed by atoms with Crippen LogP contribution in [0.4, 0.5) is 0 Å². The van der Waals surface area contributed by atoms with E-state index >= 15 is 0 Å². The fourth-order valence-electron chi connectivity index (χ4n) is 2.17. The van der Waals surface area contributed by atoms with E-state index in [0.29, 0.717) is 19.6 Å². The van der Waals surface area contributed by atoms with Crippen LogP contribution in [0, 0.1) is 5.92 Å². The maximum absolute atomic E-state index is 11.8. The van der Waals surface area contributed by atoms with E-state index in [-0.39, 0.29) is 29.9 Å². The highest BCUT2D eigenvalue weighted by atomic mass is 16.5.